The minimum absolute atomic E-state index is 0.00591. The van der Waals surface area contributed by atoms with Crippen LogP contribution in [0.5, 0.6) is 5.75 Å². The number of rotatable bonds is 6. The van der Waals surface area contributed by atoms with Gasteiger partial charge in [0.15, 0.2) is 0 Å². The highest BCUT2D eigenvalue weighted by Crippen LogP contribution is 2.24. The molecule has 5 nitrogen and oxygen atoms in total. The van der Waals surface area contributed by atoms with E-state index in [0.717, 1.165) is 22.2 Å². The largest absolute Gasteiger partial charge is 0.495 e. The van der Waals surface area contributed by atoms with Crippen molar-refractivity contribution >= 4 is 16.9 Å². The molecule has 0 saturated carbocycles. The van der Waals surface area contributed by atoms with Crippen molar-refractivity contribution in [3.05, 3.63) is 83.3 Å². The summed E-state index contributed by atoms with van der Waals surface area (Å²) in [5, 5.41) is 3.95. The molecule has 0 aliphatic heterocycles. The maximum atomic E-state index is 13.7. The molecule has 0 atom stereocenters. The van der Waals surface area contributed by atoms with E-state index in [1.165, 1.54) is 18.2 Å². The molecule has 0 aliphatic carbocycles. The Morgan fingerprint density at radius 1 is 1.07 bits per heavy atom. The van der Waals surface area contributed by atoms with E-state index in [9.17, 15) is 8.78 Å². The van der Waals surface area contributed by atoms with Crippen LogP contribution in [0.2, 0.25) is 0 Å². The number of aromatic amines is 1. The molecule has 0 unspecified atom stereocenters. The predicted octanol–water partition coefficient (Wildman–Crippen LogP) is 4.45. The fourth-order valence-corrected chi connectivity index (χ4v) is 3.03. The molecule has 7 heteroatoms. The molecule has 0 radical (unpaired) electrons. The van der Waals surface area contributed by atoms with Crippen LogP contribution in [0.25, 0.3) is 11.0 Å². The first-order valence-corrected chi connectivity index (χ1v) is 8.75. The number of hydrogen-bond acceptors (Lipinski definition) is 4. The van der Waals surface area contributed by atoms with Crippen molar-refractivity contribution in [2.24, 2.45) is 0 Å². The van der Waals surface area contributed by atoms with E-state index < -0.39 is 11.6 Å². The number of anilines is 1. The van der Waals surface area contributed by atoms with Gasteiger partial charge in [0.1, 0.15) is 28.8 Å². The Balaban J connectivity index is 1.46. The molecule has 28 heavy (non-hydrogen) atoms. The summed E-state index contributed by atoms with van der Waals surface area (Å²) in [6, 6.07) is 9.49. The quantitative estimate of drug-likeness (QED) is 0.519. The van der Waals surface area contributed by atoms with Crippen molar-refractivity contribution in [3.63, 3.8) is 0 Å². The molecule has 3 aromatic heterocycles. The van der Waals surface area contributed by atoms with Crippen LogP contribution in [0.4, 0.5) is 14.6 Å². The van der Waals surface area contributed by atoms with Crippen molar-refractivity contribution in [3.8, 4) is 5.75 Å². The summed E-state index contributed by atoms with van der Waals surface area (Å²) in [4.78, 5) is 11.8. The highest BCUT2D eigenvalue weighted by Gasteiger charge is 2.09. The smallest absolute Gasteiger partial charge is 0.137 e. The van der Waals surface area contributed by atoms with Gasteiger partial charge in [-0.2, -0.15) is 0 Å². The Morgan fingerprint density at radius 3 is 2.61 bits per heavy atom. The standard InChI is InChI=1S/C21H18F2N4O/c1-28-15-8-16-14(10-26-21(16)27-11-15)7-13-5-6-20(24-9-13)25-12-17-18(22)3-2-4-19(17)23/h2-6,8-11H,7,12H2,1H3,(H,24,25)(H,26,27). The molecular weight excluding hydrogens is 362 g/mol. The summed E-state index contributed by atoms with van der Waals surface area (Å²) in [7, 11) is 1.61. The number of pyridine rings is 2. The topological polar surface area (TPSA) is 62.8 Å². The maximum absolute atomic E-state index is 13.7. The lowest BCUT2D eigenvalue weighted by Gasteiger charge is -2.08. The van der Waals surface area contributed by atoms with Crippen molar-refractivity contribution in [1.82, 2.24) is 15.0 Å². The number of hydrogen-bond donors (Lipinski definition) is 2. The van der Waals surface area contributed by atoms with Crippen LogP contribution in [0.3, 0.4) is 0 Å². The molecule has 4 rings (SSSR count). The molecule has 0 spiro atoms. The van der Waals surface area contributed by atoms with Gasteiger partial charge in [0.2, 0.25) is 0 Å². The van der Waals surface area contributed by atoms with Crippen molar-refractivity contribution in [2.75, 3.05) is 12.4 Å². The molecule has 142 valence electrons. The third-order valence-corrected chi connectivity index (χ3v) is 4.55. The fraction of sp³-hybridized carbons (Fsp3) is 0.143. The number of ether oxygens (including phenoxy) is 1. The molecular formula is C21H18F2N4O. The van der Waals surface area contributed by atoms with Crippen LogP contribution < -0.4 is 10.1 Å². The zero-order chi connectivity index (χ0) is 19.5. The second-order valence-corrected chi connectivity index (χ2v) is 6.37. The van der Waals surface area contributed by atoms with Gasteiger partial charge >= 0.3 is 0 Å². The first-order valence-electron chi connectivity index (χ1n) is 8.75. The third kappa shape index (κ3) is 3.64. The predicted molar refractivity (Wildman–Crippen MR) is 103 cm³/mol. The van der Waals surface area contributed by atoms with Gasteiger partial charge in [0.25, 0.3) is 0 Å². The number of nitrogens with one attached hydrogen (secondary N) is 2. The highest BCUT2D eigenvalue weighted by molar-refractivity contribution is 5.81. The number of methoxy groups -OCH3 is 1. The van der Waals surface area contributed by atoms with Gasteiger partial charge in [0.05, 0.1) is 13.3 Å². The average Bonchev–Trinajstić information content (AvgIpc) is 3.10. The molecule has 0 amide bonds. The Kier molecular flexibility index (Phi) is 4.89. The average molecular weight is 380 g/mol. The zero-order valence-corrected chi connectivity index (χ0v) is 15.2. The lowest BCUT2D eigenvalue weighted by molar-refractivity contribution is 0.413. The summed E-state index contributed by atoms with van der Waals surface area (Å²) in [5.41, 5.74) is 2.88. The van der Waals surface area contributed by atoms with Gasteiger partial charge in [-0.1, -0.05) is 12.1 Å². The summed E-state index contributed by atoms with van der Waals surface area (Å²) in [6.45, 7) is 0.0266. The van der Waals surface area contributed by atoms with E-state index >= 15 is 0 Å². The monoisotopic (exact) mass is 380 g/mol. The van der Waals surface area contributed by atoms with Gasteiger partial charge in [-0.3, -0.25) is 0 Å². The second-order valence-electron chi connectivity index (χ2n) is 6.37. The number of benzene rings is 1. The summed E-state index contributed by atoms with van der Waals surface area (Å²) >= 11 is 0. The molecule has 0 bridgehead atoms. The number of nitrogens with zero attached hydrogens (tertiary/aromatic N) is 2. The molecule has 0 saturated heterocycles. The number of fused-ring (bicyclic) bond motifs is 1. The van der Waals surface area contributed by atoms with Crippen LogP contribution in [-0.2, 0) is 13.0 Å². The van der Waals surface area contributed by atoms with Crippen LogP contribution in [0, 0.1) is 11.6 Å². The summed E-state index contributed by atoms with van der Waals surface area (Å²) in [6.07, 6.45) is 6.00. The highest BCUT2D eigenvalue weighted by atomic mass is 19.1. The SMILES string of the molecule is COc1cnc2[nH]cc(Cc3ccc(NCc4c(F)cccc4F)nc3)c2c1. The van der Waals surface area contributed by atoms with Crippen LogP contribution in [-0.4, -0.2) is 22.1 Å². The first-order chi connectivity index (χ1) is 13.6. The molecule has 4 aromatic rings. The van der Waals surface area contributed by atoms with Gasteiger partial charge in [-0.05, 0) is 35.4 Å². The molecule has 0 fully saturated rings. The molecule has 2 N–H and O–H groups in total. The number of aromatic nitrogens is 3. The fourth-order valence-electron chi connectivity index (χ4n) is 3.03. The molecule has 0 aliphatic rings. The maximum Gasteiger partial charge on any atom is 0.137 e. The third-order valence-electron chi connectivity index (χ3n) is 4.55. The summed E-state index contributed by atoms with van der Waals surface area (Å²) in [5.74, 6) is 0.0973. The van der Waals surface area contributed by atoms with Gasteiger partial charge in [-0.15, -0.1) is 0 Å². The van der Waals surface area contributed by atoms with Gasteiger partial charge in [0, 0.05) is 36.3 Å². The van der Waals surface area contributed by atoms with E-state index in [1.807, 2.05) is 18.3 Å². The first kappa shape index (κ1) is 17.9. The van der Waals surface area contributed by atoms with Crippen molar-refractivity contribution in [1.29, 1.82) is 0 Å². The normalized spacial score (nSPS) is 11.0. The Bertz CT molecular complexity index is 1090. The number of halogens is 2. The molecule has 1 aromatic carbocycles. The lowest BCUT2D eigenvalue weighted by Crippen LogP contribution is -2.05. The Labute approximate surface area is 160 Å². The molecule has 3 heterocycles. The van der Waals surface area contributed by atoms with E-state index in [2.05, 4.69) is 20.3 Å². The Morgan fingerprint density at radius 2 is 1.89 bits per heavy atom. The van der Waals surface area contributed by atoms with Gasteiger partial charge < -0.3 is 15.0 Å². The van der Waals surface area contributed by atoms with E-state index in [1.54, 1.807) is 25.6 Å². The number of H-pyrrole nitrogens is 1. The second kappa shape index (κ2) is 7.64. The minimum Gasteiger partial charge on any atom is -0.495 e. The Hall–Kier alpha value is -3.48. The van der Waals surface area contributed by atoms with Crippen LogP contribution in [0.1, 0.15) is 16.7 Å². The van der Waals surface area contributed by atoms with Crippen molar-refractivity contribution in [2.45, 2.75) is 13.0 Å². The van der Waals surface area contributed by atoms with Crippen LogP contribution >= 0.6 is 0 Å². The van der Waals surface area contributed by atoms with E-state index in [4.69, 9.17) is 4.74 Å². The zero-order valence-electron chi connectivity index (χ0n) is 15.2. The van der Waals surface area contributed by atoms with E-state index in [0.29, 0.717) is 18.0 Å². The minimum atomic E-state index is -0.576. The van der Waals surface area contributed by atoms with Crippen molar-refractivity contribution < 1.29 is 13.5 Å². The lowest BCUT2D eigenvalue weighted by atomic mass is 10.1. The van der Waals surface area contributed by atoms with E-state index in [-0.39, 0.29) is 12.1 Å². The van der Waals surface area contributed by atoms with Gasteiger partial charge in [-0.25, -0.2) is 18.7 Å². The van der Waals surface area contributed by atoms with Crippen LogP contribution in [0.15, 0.2) is 55.0 Å². The summed E-state index contributed by atoms with van der Waals surface area (Å²) < 4.78 is 32.6.